The minimum absolute atomic E-state index is 0.175. The Morgan fingerprint density at radius 1 is 1.47 bits per heavy atom. The number of hydrogen-bond acceptors (Lipinski definition) is 3. The quantitative estimate of drug-likeness (QED) is 0.775. The van der Waals surface area contributed by atoms with E-state index in [2.05, 4.69) is 11.1 Å². The standard InChI is InChI=1S/C13H14N2OS/c1-9(16)15-7-6-10(8-15)13-14-11-4-2-3-5-12(11)17-13/h2-5,10H,6-8H2,1H3/t10-/m0/s1. The Kier molecular flexibility index (Phi) is 2.59. The molecule has 0 N–H and O–H groups in total. The average molecular weight is 246 g/mol. The highest BCUT2D eigenvalue weighted by Gasteiger charge is 2.27. The van der Waals surface area contributed by atoms with Gasteiger partial charge in [-0.1, -0.05) is 12.1 Å². The van der Waals surface area contributed by atoms with E-state index in [0.717, 1.165) is 25.0 Å². The Bertz CT molecular complexity index is 530. The first-order valence-corrected chi connectivity index (χ1v) is 6.66. The van der Waals surface area contributed by atoms with Gasteiger partial charge in [-0.15, -0.1) is 11.3 Å². The number of likely N-dealkylation sites (tertiary alicyclic amines) is 1. The van der Waals surface area contributed by atoms with Crippen LogP contribution in [0.15, 0.2) is 24.3 Å². The van der Waals surface area contributed by atoms with Gasteiger partial charge < -0.3 is 4.90 Å². The predicted octanol–water partition coefficient (Wildman–Crippen LogP) is 2.63. The van der Waals surface area contributed by atoms with Crippen molar-refractivity contribution in [2.75, 3.05) is 13.1 Å². The largest absolute Gasteiger partial charge is 0.342 e. The van der Waals surface area contributed by atoms with E-state index in [1.54, 1.807) is 18.3 Å². The summed E-state index contributed by atoms with van der Waals surface area (Å²) in [6.07, 6.45) is 1.04. The molecule has 1 aromatic carbocycles. The van der Waals surface area contributed by atoms with Gasteiger partial charge in [0.25, 0.3) is 0 Å². The summed E-state index contributed by atoms with van der Waals surface area (Å²) in [5.41, 5.74) is 1.08. The zero-order chi connectivity index (χ0) is 11.8. The van der Waals surface area contributed by atoms with Gasteiger partial charge in [-0.25, -0.2) is 4.98 Å². The predicted molar refractivity (Wildman–Crippen MR) is 69.2 cm³/mol. The second kappa shape index (κ2) is 4.11. The van der Waals surface area contributed by atoms with E-state index in [-0.39, 0.29) is 5.91 Å². The van der Waals surface area contributed by atoms with Crippen LogP contribution in [0.5, 0.6) is 0 Å². The molecule has 3 rings (SSSR count). The Hall–Kier alpha value is -1.42. The van der Waals surface area contributed by atoms with Gasteiger partial charge in [0.2, 0.25) is 5.91 Å². The van der Waals surface area contributed by atoms with E-state index in [9.17, 15) is 4.79 Å². The number of fused-ring (bicyclic) bond motifs is 1. The van der Waals surface area contributed by atoms with Crippen LogP contribution >= 0.6 is 11.3 Å². The lowest BCUT2D eigenvalue weighted by molar-refractivity contribution is -0.127. The molecule has 1 amide bonds. The summed E-state index contributed by atoms with van der Waals surface area (Å²) in [6, 6.07) is 8.21. The molecule has 1 atom stereocenters. The third kappa shape index (κ3) is 1.93. The van der Waals surface area contributed by atoms with Crippen LogP contribution in [0.1, 0.15) is 24.3 Å². The smallest absolute Gasteiger partial charge is 0.219 e. The van der Waals surface area contributed by atoms with Gasteiger partial charge in [-0.2, -0.15) is 0 Å². The summed E-state index contributed by atoms with van der Waals surface area (Å²) < 4.78 is 1.24. The van der Waals surface area contributed by atoms with E-state index in [0.29, 0.717) is 5.92 Å². The van der Waals surface area contributed by atoms with Crippen molar-refractivity contribution in [2.24, 2.45) is 0 Å². The molecular formula is C13H14N2OS. The molecule has 1 saturated heterocycles. The molecule has 0 aliphatic carbocycles. The Labute approximate surface area is 104 Å². The van der Waals surface area contributed by atoms with Crippen molar-refractivity contribution in [1.29, 1.82) is 0 Å². The third-order valence-electron chi connectivity index (χ3n) is 3.29. The first-order chi connectivity index (χ1) is 8.24. The molecule has 17 heavy (non-hydrogen) atoms. The molecule has 88 valence electrons. The monoisotopic (exact) mass is 246 g/mol. The van der Waals surface area contributed by atoms with E-state index in [1.807, 2.05) is 23.1 Å². The van der Waals surface area contributed by atoms with Gasteiger partial charge in [0.1, 0.15) is 0 Å². The van der Waals surface area contributed by atoms with Crippen molar-refractivity contribution in [3.05, 3.63) is 29.3 Å². The molecule has 4 heteroatoms. The number of amides is 1. The van der Waals surface area contributed by atoms with Gasteiger partial charge in [-0.3, -0.25) is 4.79 Å². The minimum atomic E-state index is 0.175. The highest BCUT2D eigenvalue weighted by molar-refractivity contribution is 7.18. The molecule has 0 radical (unpaired) electrons. The summed E-state index contributed by atoms with van der Waals surface area (Å²) in [6.45, 7) is 3.34. The number of para-hydroxylation sites is 1. The van der Waals surface area contributed by atoms with Gasteiger partial charge in [-0.05, 0) is 18.6 Å². The number of aromatic nitrogens is 1. The number of benzene rings is 1. The number of carbonyl (C=O) groups is 1. The maximum atomic E-state index is 11.3. The fourth-order valence-corrected chi connectivity index (χ4v) is 3.41. The summed E-state index contributed by atoms with van der Waals surface area (Å²) in [7, 11) is 0. The summed E-state index contributed by atoms with van der Waals surface area (Å²) in [4.78, 5) is 17.9. The lowest BCUT2D eigenvalue weighted by atomic mass is 10.1. The zero-order valence-corrected chi connectivity index (χ0v) is 10.5. The molecule has 2 aromatic rings. The topological polar surface area (TPSA) is 33.2 Å². The van der Waals surface area contributed by atoms with E-state index in [4.69, 9.17) is 0 Å². The third-order valence-corrected chi connectivity index (χ3v) is 4.49. The molecule has 1 aromatic heterocycles. The number of hydrogen-bond donors (Lipinski definition) is 0. The highest BCUT2D eigenvalue weighted by Crippen LogP contribution is 2.33. The highest BCUT2D eigenvalue weighted by atomic mass is 32.1. The molecular weight excluding hydrogens is 232 g/mol. The maximum absolute atomic E-state index is 11.3. The Balaban J connectivity index is 1.87. The maximum Gasteiger partial charge on any atom is 0.219 e. The SMILES string of the molecule is CC(=O)N1CC[C@H](c2nc3ccccc3s2)C1. The molecule has 0 unspecified atom stereocenters. The number of rotatable bonds is 1. The summed E-state index contributed by atoms with van der Waals surface area (Å²) >= 11 is 1.76. The van der Waals surface area contributed by atoms with Crippen molar-refractivity contribution in [2.45, 2.75) is 19.3 Å². The molecule has 1 aliphatic rings. The van der Waals surface area contributed by atoms with E-state index in [1.165, 1.54) is 9.71 Å². The van der Waals surface area contributed by atoms with Crippen LogP contribution in [0.25, 0.3) is 10.2 Å². The fourth-order valence-electron chi connectivity index (χ4n) is 2.31. The summed E-state index contributed by atoms with van der Waals surface area (Å²) in [5.74, 6) is 0.602. The minimum Gasteiger partial charge on any atom is -0.342 e. The van der Waals surface area contributed by atoms with Gasteiger partial charge in [0.05, 0.1) is 15.2 Å². The van der Waals surface area contributed by atoms with E-state index < -0.39 is 0 Å². The molecule has 2 heterocycles. The van der Waals surface area contributed by atoms with Crippen LogP contribution in [0.3, 0.4) is 0 Å². The molecule has 0 saturated carbocycles. The van der Waals surface area contributed by atoms with Crippen molar-refractivity contribution < 1.29 is 4.79 Å². The van der Waals surface area contributed by atoms with Crippen LogP contribution in [0.2, 0.25) is 0 Å². The van der Waals surface area contributed by atoms with Crippen molar-refractivity contribution >= 4 is 27.5 Å². The van der Waals surface area contributed by atoms with Crippen LogP contribution in [0, 0.1) is 0 Å². The van der Waals surface area contributed by atoms with Crippen molar-refractivity contribution in [3.63, 3.8) is 0 Å². The fraction of sp³-hybridized carbons (Fsp3) is 0.385. The summed E-state index contributed by atoms with van der Waals surface area (Å²) in [5, 5.41) is 1.18. The zero-order valence-electron chi connectivity index (χ0n) is 9.72. The van der Waals surface area contributed by atoms with Gasteiger partial charge in [0, 0.05) is 25.9 Å². The number of thiazole rings is 1. The second-order valence-electron chi connectivity index (χ2n) is 4.47. The first kappa shape index (κ1) is 10.7. The Morgan fingerprint density at radius 2 is 2.29 bits per heavy atom. The second-order valence-corrected chi connectivity index (χ2v) is 5.53. The van der Waals surface area contributed by atoms with Crippen molar-refractivity contribution in [1.82, 2.24) is 9.88 Å². The van der Waals surface area contributed by atoms with Gasteiger partial charge >= 0.3 is 0 Å². The van der Waals surface area contributed by atoms with Crippen LogP contribution in [-0.2, 0) is 4.79 Å². The lowest BCUT2D eigenvalue weighted by Gasteiger charge is -2.12. The number of carbonyl (C=O) groups excluding carboxylic acids is 1. The number of nitrogens with zero attached hydrogens (tertiary/aromatic N) is 2. The van der Waals surface area contributed by atoms with Crippen molar-refractivity contribution in [3.8, 4) is 0 Å². The molecule has 3 nitrogen and oxygen atoms in total. The Morgan fingerprint density at radius 3 is 3.00 bits per heavy atom. The van der Waals surface area contributed by atoms with Gasteiger partial charge in [0.15, 0.2) is 0 Å². The molecule has 0 spiro atoms. The molecule has 0 bridgehead atoms. The van der Waals surface area contributed by atoms with E-state index >= 15 is 0 Å². The van der Waals surface area contributed by atoms with Crippen LogP contribution in [-0.4, -0.2) is 28.9 Å². The lowest BCUT2D eigenvalue weighted by Crippen LogP contribution is -2.25. The normalized spacial score (nSPS) is 20.1. The molecule has 1 fully saturated rings. The molecule has 1 aliphatic heterocycles. The van der Waals surface area contributed by atoms with Crippen LogP contribution in [0.4, 0.5) is 0 Å². The van der Waals surface area contributed by atoms with Crippen LogP contribution < -0.4 is 0 Å². The first-order valence-electron chi connectivity index (χ1n) is 5.85. The average Bonchev–Trinajstić information content (AvgIpc) is 2.95.